The lowest BCUT2D eigenvalue weighted by atomic mass is 9.79. The summed E-state index contributed by atoms with van der Waals surface area (Å²) in [4.78, 5) is 34.0. The molecule has 0 rings (SSSR count). The van der Waals surface area contributed by atoms with Crippen LogP contribution in [0.5, 0.6) is 0 Å². The molecule has 0 aliphatic heterocycles. The molecule has 0 unspecified atom stereocenters. The molecule has 5 nitrogen and oxygen atoms in total. The quantitative estimate of drug-likeness (QED) is 0.215. The smallest absolute Gasteiger partial charge is 0.323 e. The summed E-state index contributed by atoms with van der Waals surface area (Å²) in [5.41, 5.74) is -1.42. The van der Waals surface area contributed by atoms with Gasteiger partial charge in [0.05, 0.1) is 14.2 Å². The van der Waals surface area contributed by atoms with Crippen molar-refractivity contribution in [2.24, 2.45) is 5.41 Å². The second kappa shape index (κ2) is 8.22. The van der Waals surface area contributed by atoms with E-state index in [2.05, 4.69) is 16.1 Å². The molecular weight excluding hydrogens is 236 g/mol. The highest BCUT2D eigenvalue weighted by molar-refractivity contribution is 6.00. The number of aldehydes is 1. The number of carbonyl (C=O) groups is 3. The van der Waals surface area contributed by atoms with Crippen molar-refractivity contribution < 1.29 is 23.9 Å². The highest BCUT2D eigenvalue weighted by Crippen LogP contribution is 2.32. The molecular formula is C13H18O5. The SMILES string of the molecule is C=CCCC(C/C=C/C=O)(C(=O)OC)C(=O)OC. The van der Waals surface area contributed by atoms with E-state index < -0.39 is 17.4 Å². The minimum absolute atomic E-state index is 0.0545. The average molecular weight is 254 g/mol. The van der Waals surface area contributed by atoms with Gasteiger partial charge in [0.2, 0.25) is 0 Å². The first kappa shape index (κ1) is 16.1. The molecule has 0 fully saturated rings. The van der Waals surface area contributed by atoms with Crippen LogP contribution in [0.2, 0.25) is 0 Å². The average Bonchev–Trinajstić information content (AvgIpc) is 2.41. The predicted molar refractivity (Wildman–Crippen MR) is 65.7 cm³/mol. The van der Waals surface area contributed by atoms with Crippen LogP contribution >= 0.6 is 0 Å². The zero-order valence-corrected chi connectivity index (χ0v) is 10.7. The van der Waals surface area contributed by atoms with E-state index in [1.807, 2.05) is 0 Å². The Hall–Kier alpha value is -1.91. The summed E-state index contributed by atoms with van der Waals surface area (Å²) in [6.45, 7) is 3.55. The van der Waals surface area contributed by atoms with Gasteiger partial charge in [0.25, 0.3) is 0 Å². The van der Waals surface area contributed by atoms with Crippen molar-refractivity contribution >= 4 is 18.2 Å². The molecule has 0 aliphatic carbocycles. The van der Waals surface area contributed by atoms with E-state index in [0.29, 0.717) is 12.7 Å². The molecule has 0 amide bonds. The van der Waals surface area contributed by atoms with Gasteiger partial charge in [0.15, 0.2) is 5.41 Å². The molecule has 0 aromatic rings. The molecule has 0 saturated heterocycles. The Labute approximate surface area is 106 Å². The Kier molecular flexibility index (Phi) is 7.35. The third kappa shape index (κ3) is 3.84. The molecule has 0 aromatic carbocycles. The molecule has 0 aliphatic rings. The predicted octanol–water partition coefficient (Wildman–Crippen LogP) is 1.43. The summed E-state index contributed by atoms with van der Waals surface area (Å²) in [5.74, 6) is -1.35. The fourth-order valence-corrected chi connectivity index (χ4v) is 1.62. The molecule has 18 heavy (non-hydrogen) atoms. The van der Waals surface area contributed by atoms with Gasteiger partial charge in [0.1, 0.15) is 6.29 Å². The van der Waals surface area contributed by atoms with Crippen molar-refractivity contribution in [3.05, 3.63) is 24.8 Å². The second-order valence-electron chi connectivity index (χ2n) is 3.66. The minimum atomic E-state index is -1.42. The Morgan fingerprint density at radius 3 is 2.17 bits per heavy atom. The fourth-order valence-electron chi connectivity index (χ4n) is 1.62. The van der Waals surface area contributed by atoms with Crippen LogP contribution in [0.3, 0.4) is 0 Å². The van der Waals surface area contributed by atoms with Crippen LogP contribution in [0.25, 0.3) is 0 Å². The van der Waals surface area contributed by atoms with Crippen molar-refractivity contribution in [2.75, 3.05) is 14.2 Å². The Morgan fingerprint density at radius 1 is 1.22 bits per heavy atom. The maximum absolute atomic E-state index is 11.9. The van der Waals surface area contributed by atoms with Crippen LogP contribution in [0.4, 0.5) is 0 Å². The maximum Gasteiger partial charge on any atom is 0.323 e. The van der Waals surface area contributed by atoms with Gasteiger partial charge in [-0.3, -0.25) is 14.4 Å². The third-order valence-electron chi connectivity index (χ3n) is 2.61. The van der Waals surface area contributed by atoms with Crippen LogP contribution < -0.4 is 0 Å². The van der Waals surface area contributed by atoms with Crippen molar-refractivity contribution in [1.82, 2.24) is 0 Å². The van der Waals surface area contributed by atoms with Crippen LogP contribution in [-0.4, -0.2) is 32.4 Å². The summed E-state index contributed by atoms with van der Waals surface area (Å²) in [6, 6.07) is 0. The standard InChI is InChI=1S/C13H18O5/c1-4-5-8-13(11(15)17-2,12(16)18-3)9-6-7-10-14/h4,6-7,10H,1,5,8-9H2,2-3H3/b7-6+. The van der Waals surface area contributed by atoms with Crippen molar-refractivity contribution in [3.8, 4) is 0 Å². The minimum Gasteiger partial charge on any atom is -0.468 e. The number of hydrogen-bond acceptors (Lipinski definition) is 5. The number of hydrogen-bond donors (Lipinski definition) is 0. The molecule has 5 heteroatoms. The second-order valence-corrected chi connectivity index (χ2v) is 3.66. The number of esters is 2. The van der Waals surface area contributed by atoms with Gasteiger partial charge in [-0.2, -0.15) is 0 Å². The molecule has 0 bridgehead atoms. The van der Waals surface area contributed by atoms with Gasteiger partial charge in [-0.25, -0.2) is 0 Å². The van der Waals surface area contributed by atoms with Crippen LogP contribution in [0, 0.1) is 5.41 Å². The van der Waals surface area contributed by atoms with Crippen molar-refractivity contribution in [2.45, 2.75) is 19.3 Å². The highest BCUT2D eigenvalue weighted by Gasteiger charge is 2.46. The largest absolute Gasteiger partial charge is 0.468 e. The van der Waals surface area contributed by atoms with Gasteiger partial charge in [-0.15, -0.1) is 6.58 Å². The first-order valence-corrected chi connectivity index (χ1v) is 5.47. The molecule has 0 N–H and O–H groups in total. The van der Waals surface area contributed by atoms with E-state index in [0.717, 1.165) is 0 Å². The summed E-state index contributed by atoms with van der Waals surface area (Å²) >= 11 is 0. The number of ether oxygens (including phenoxy) is 2. The number of allylic oxidation sites excluding steroid dienone is 3. The monoisotopic (exact) mass is 254 g/mol. The molecule has 0 radical (unpaired) electrons. The molecule has 0 aromatic heterocycles. The van der Waals surface area contributed by atoms with Crippen LogP contribution in [0.15, 0.2) is 24.8 Å². The third-order valence-corrected chi connectivity index (χ3v) is 2.61. The van der Waals surface area contributed by atoms with E-state index >= 15 is 0 Å². The summed E-state index contributed by atoms with van der Waals surface area (Å²) in [6.07, 6.45) is 5.59. The number of methoxy groups -OCH3 is 2. The Morgan fingerprint density at radius 2 is 1.78 bits per heavy atom. The molecule has 0 saturated carbocycles. The zero-order valence-electron chi connectivity index (χ0n) is 10.7. The van der Waals surface area contributed by atoms with Gasteiger partial charge in [-0.05, 0) is 25.3 Å². The zero-order chi connectivity index (χ0) is 14.0. The fraction of sp³-hybridized carbons (Fsp3) is 0.462. The topological polar surface area (TPSA) is 69.7 Å². The van der Waals surface area contributed by atoms with E-state index in [1.165, 1.54) is 26.4 Å². The van der Waals surface area contributed by atoms with E-state index in [9.17, 15) is 14.4 Å². The van der Waals surface area contributed by atoms with Gasteiger partial charge < -0.3 is 9.47 Å². The van der Waals surface area contributed by atoms with Crippen LogP contribution in [-0.2, 0) is 23.9 Å². The Balaban J connectivity index is 5.29. The lowest BCUT2D eigenvalue weighted by Gasteiger charge is -2.26. The van der Waals surface area contributed by atoms with Crippen molar-refractivity contribution in [3.63, 3.8) is 0 Å². The highest BCUT2D eigenvalue weighted by atomic mass is 16.5. The maximum atomic E-state index is 11.9. The van der Waals surface area contributed by atoms with E-state index in [4.69, 9.17) is 0 Å². The lowest BCUT2D eigenvalue weighted by molar-refractivity contribution is -0.169. The first-order chi connectivity index (χ1) is 8.58. The first-order valence-electron chi connectivity index (χ1n) is 5.47. The van der Waals surface area contributed by atoms with Gasteiger partial charge >= 0.3 is 11.9 Å². The molecule has 0 spiro atoms. The van der Waals surface area contributed by atoms with Crippen LogP contribution in [0.1, 0.15) is 19.3 Å². The van der Waals surface area contributed by atoms with Gasteiger partial charge in [0, 0.05) is 0 Å². The summed E-state index contributed by atoms with van der Waals surface area (Å²) in [5, 5.41) is 0. The number of rotatable bonds is 8. The summed E-state index contributed by atoms with van der Waals surface area (Å²) in [7, 11) is 2.41. The van der Waals surface area contributed by atoms with E-state index in [1.54, 1.807) is 6.08 Å². The normalized spacial score (nSPS) is 11.0. The van der Waals surface area contributed by atoms with Crippen molar-refractivity contribution in [1.29, 1.82) is 0 Å². The number of carbonyl (C=O) groups excluding carboxylic acids is 3. The lowest BCUT2D eigenvalue weighted by Crippen LogP contribution is -2.41. The molecule has 0 atom stereocenters. The van der Waals surface area contributed by atoms with Gasteiger partial charge in [-0.1, -0.05) is 12.2 Å². The molecule has 0 heterocycles. The van der Waals surface area contributed by atoms with E-state index in [-0.39, 0.29) is 12.8 Å². The Bertz CT molecular complexity index is 327. The summed E-state index contributed by atoms with van der Waals surface area (Å²) < 4.78 is 9.34. The molecule has 100 valence electrons.